The van der Waals surface area contributed by atoms with E-state index in [2.05, 4.69) is 30.8 Å². The second kappa shape index (κ2) is 8.10. The van der Waals surface area contributed by atoms with E-state index in [4.69, 9.17) is 28.4 Å². The number of rotatable bonds is 7. The molecule has 0 saturated carbocycles. The van der Waals surface area contributed by atoms with E-state index in [-0.39, 0.29) is 24.4 Å². The first kappa shape index (κ1) is 21.0. The number of ether oxygens (including phenoxy) is 6. The summed E-state index contributed by atoms with van der Waals surface area (Å²) in [5.74, 6) is -1.30. The largest absolute Gasteiger partial charge is 0.372 e. The summed E-state index contributed by atoms with van der Waals surface area (Å²) in [5.41, 5.74) is 2.41. The summed E-state index contributed by atoms with van der Waals surface area (Å²) in [6, 6.07) is 8.44. The van der Waals surface area contributed by atoms with E-state index in [1.807, 2.05) is 33.8 Å². The quantitative estimate of drug-likeness (QED) is 0.647. The van der Waals surface area contributed by atoms with Crippen molar-refractivity contribution in [1.82, 2.24) is 0 Å². The first-order chi connectivity index (χ1) is 13.8. The number of fused-ring (bicyclic) bond motifs is 1. The molecule has 0 spiro atoms. The Balaban J connectivity index is 1.36. The van der Waals surface area contributed by atoms with Gasteiger partial charge in [0.2, 0.25) is 0 Å². The van der Waals surface area contributed by atoms with E-state index in [1.165, 1.54) is 5.56 Å². The monoisotopic (exact) mass is 404 g/mol. The van der Waals surface area contributed by atoms with Crippen LogP contribution in [0.2, 0.25) is 0 Å². The van der Waals surface area contributed by atoms with Crippen LogP contribution in [0.15, 0.2) is 30.8 Å². The van der Waals surface area contributed by atoms with Gasteiger partial charge in [-0.2, -0.15) is 0 Å². The molecule has 0 bridgehead atoms. The average Bonchev–Trinajstić information content (AvgIpc) is 3.28. The highest BCUT2D eigenvalue weighted by Crippen LogP contribution is 2.41. The Kier molecular flexibility index (Phi) is 5.86. The molecule has 3 heterocycles. The highest BCUT2D eigenvalue weighted by molar-refractivity contribution is 5.47. The van der Waals surface area contributed by atoms with Crippen LogP contribution in [-0.2, 0) is 34.8 Å². The SMILES string of the molecule is C=Cc1ccc(CCCO[C@@H]2[C@H]3OC(C)(C)O[C@H]3O[C@@H]2[C@@H]2COC(C)(C)O2)cc1. The van der Waals surface area contributed by atoms with Gasteiger partial charge in [0.25, 0.3) is 0 Å². The second-order valence-electron chi connectivity index (χ2n) is 8.82. The molecule has 4 rings (SSSR count). The van der Waals surface area contributed by atoms with Crippen LogP contribution in [-0.4, -0.2) is 55.5 Å². The average molecular weight is 405 g/mol. The molecule has 5 atom stereocenters. The molecule has 0 aliphatic carbocycles. The minimum Gasteiger partial charge on any atom is -0.372 e. The highest BCUT2D eigenvalue weighted by Gasteiger charge is 2.58. The van der Waals surface area contributed by atoms with Crippen molar-refractivity contribution >= 4 is 6.08 Å². The maximum Gasteiger partial charge on any atom is 0.190 e. The van der Waals surface area contributed by atoms with Crippen molar-refractivity contribution in [2.75, 3.05) is 13.2 Å². The van der Waals surface area contributed by atoms with Gasteiger partial charge in [-0.05, 0) is 51.7 Å². The minimum atomic E-state index is -0.679. The molecule has 0 radical (unpaired) electrons. The Labute approximate surface area is 173 Å². The first-order valence-electron chi connectivity index (χ1n) is 10.4. The van der Waals surface area contributed by atoms with Crippen molar-refractivity contribution in [3.05, 3.63) is 42.0 Å². The van der Waals surface area contributed by atoms with E-state index < -0.39 is 17.9 Å². The van der Waals surface area contributed by atoms with Gasteiger partial charge in [0.15, 0.2) is 17.9 Å². The topological polar surface area (TPSA) is 55.4 Å². The fourth-order valence-corrected chi connectivity index (χ4v) is 4.19. The third kappa shape index (κ3) is 4.74. The van der Waals surface area contributed by atoms with Crippen molar-refractivity contribution in [3.63, 3.8) is 0 Å². The van der Waals surface area contributed by atoms with Crippen LogP contribution in [0.5, 0.6) is 0 Å². The summed E-state index contributed by atoms with van der Waals surface area (Å²) in [4.78, 5) is 0. The molecule has 3 aliphatic rings. The molecule has 6 nitrogen and oxygen atoms in total. The molecule has 1 aromatic carbocycles. The van der Waals surface area contributed by atoms with E-state index in [0.29, 0.717) is 13.2 Å². The summed E-state index contributed by atoms with van der Waals surface area (Å²) in [6.45, 7) is 12.5. The Morgan fingerprint density at radius 1 is 1.03 bits per heavy atom. The van der Waals surface area contributed by atoms with Crippen LogP contribution in [0.3, 0.4) is 0 Å². The van der Waals surface area contributed by atoms with Gasteiger partial charge in [0.1, 0.15) is 24.4 Å². The van der Waals surface area contributed by atoms with Gasteiger partial charge in [-0.25, -0.2) is 0 Å². The summed E-state index contributed by atoms with van der Waals surface area (Å²) < 4.78 is 36.2. The Morgan fingerprint density at radius 3 is 2.45 bits per heavy atom. The van der Waals surface area contributed by atoms with Crippen LogP contribution in [0.4, 0.5) is 0 Å². The summed E-state index contributed by atoms with van der Waals surface area (Å²) in [6.07, 6.45) is 2.25. The standard InChI is InChI=1S/C23H32O6/c1-6-15-9-11-16(12-10-15)8-7-13-24-19-18(17-14-25-22(2,3)27-17)26-21-20(19)28-23(4,5)29-21/h6,9-12,17-21H,1,7-8,13-14H2,2-5H3/t17-,18+,19-,20+,21+/m0/s1. The lowest BCUT2D eigenvalue weighted by molar-refractivity contribution is -0.236. The molecule has 0 N–H and O–H groups in total. The zero-order valence-electron chi connectivity index (χ0n) is 17.8. The van der Waals surface area contributed by atoms with E-state index >= 15 is 0 Å². The van der Waals surface area contributed by atoms with Crippen LogP contribution in [0.1, 0.15) is 45.2 Å². The van der Waals surface area contributed by atoms with Crippen molar-refractivity contribution in [2.45, 2.75) is 82.8 Å². The molecule has 0 amide bonds. The molecule has 0 unspecified atom stereocenters. The van der Waals surface area contributed by atoms with E-state index in [9.17, 15) is 0 Å². The maximum absolute atomic E-state index is 6.29. The number of aryl methyl sites for hydroxylation is 1. The summed E-state index contributed by atoms with van der Waals surface area (Å²) in [5, 5.41) is 0. The highest BCUT2D eigenvalue weighted by atomic mass is 16.8. The van der Waals surface area contributed by atoms with Crippen molar-refractivity contribution in [1.29, 1.82) is 0 Å². The van der Waals surface area contributed by atoms with Crippen molar-refractivity contribution in [2.24, 2.45) is 0 Å². The summed E-state index contributed by atoms with van der Waals surface area (Å²) in [7, 11) is 0. The van der Waals surface area contributed by atoms with Crippen LogP contribution >= 0.6 is 0 Å². The molecular weight excluding hydrogens is 372 g/mol. The minimum absolute atomic E-state index is 0.206. The second-order valence-corrected chi connectivity index (χ2v) is 8.82. The first-order valence-corrected chi connectivity index (χ1v) is 10.4. The van der Waals surface area contributed by atoms with Gasteiger partial charge >= 0.3 is 0 Å². The summed E-state index contributed by atoms with van der Waals surface area (Å²) >= 11 is 0. The van der Waals surface area contributed by atoms with Gasteiger partial charge in [0, 0.05) is 6.61 Å². The van der Waals surface area contributed by atoms with Gasteiger partial charge < -0.3 is 28.4 Å². The lowest BCUT2D eigenvalue weighted by atomic mass is 10.1. The molecule has 1 aromatic rings. The predicted octanol–water partition coefficient (Wildman–Crippen LogP) is 3.68. The van der Waals surface area contributed by atoms with Gasteiger partial charge in [-0.1, -0.05) is 36.9 Å². The Hall–Kier alpha value is -1.28. The number of hydrogen-bond acceptors (Lipinski definition) is 6. The lowest BCUT2D eigenvalue weighted by Gasteiger charge is -2.29. The molecule has 0 aromatic heterocycles. The van der Waals surface area contributed by atoms with E-state index in [1.54, 1.807) is 0 Å². The lowest BCUT2D eigenvalue weighted by Crippen LogP contribution is -2.44. The van der Waals surface area contributed by atoms with Gasteiger partial charge in [0.05, 0.1) is 6.61 Å². The maximum atomic E-state index is 6.29. The third-order valence-corrected chi connectivity index (χ3v) is 5.56. The molecule has 160 valence electrons. The molecule has 3 aliphatic heterocycles. The molecule has 6 heteroatoms. The van der Waals surface area contributed by atoms with Crippen molar-refractivity contribution in [3.8, 4) is 0 Å². The molecular formula is C23H32O6. The Morgan fingerprint density at radius 2 is 1.79 bits per heavy atom. The number of benzene rings is 1. The van der Waals surface area contributed by atoms with Crippen LogP contribution < -0.4 is 0 Å². The zero-order chi connectivity index (χ0) is 20.6. The molecule has 3 saturated heterocycles. The van der Waals surface area contributed by atoms with Crippen molar-refractivity contribution < 1.29 is 28.4 Å². The third-order valence-electron chi connectivity index (χ3n) is 5.56. The smallest absolute Gasteiger partial charge is 0.190 e. The zero-order valence-corrected chi connectivity index (χ0v) is 17.8. The van der Waals surface area contributed by atoms with E-state index in [0.717, 1.165) is 18.4 Å². The predicted molar refractivity (Wildman–Crippen MR) is 108 cm³/mol. The number of hydrogen-bond donors (Lipinski definition) is 0. The van der Waals surface area contributed by atoms with Gasteiger partial charge in [-0.3, -0.25) is 0 Å². The fraction of sp³-hybridized carbons (Fsp3) is 0.652. The van der Waals surface area contributed by atoms with Crippen LogP contribution in [0.25, 0.3) is 6.08 Å². The molecule has 3 fully saturated rings. The van der Waals surface area contributed by atoms with Gasteiger partial charge in [-0.15, -0.1) is 0 Å². The molecule has 29 heavy (non-hydrogen) atoms. The van der Waals surface area contributed by atoms with Crippen LogP contribution in [0, 0.1) is 0 Å². The Bertz CT molecular complexity index is 713. The normalized spacial score (nSPS) is 35.0. The fourth-order valence-electron chi connectivity index (χ4n) is 4.19.